The lowest BCUT2D eigenvalue weighted by molar-refractivity contribution is 0.0203. The van der Waals surface area contributed by atoms with Gasteiger partial charge in [0.25, 0.3) is 0 Å². The third-order valence-electron chi connectivity index (χ3n) is 6.29. The zero-order valence-corrected chi connectivity index (χ0v) is 20.4. The summed E-state index contributed by atoms with van der Waals surface area (Å²) in [6, 6.07) is 8.65. The molecule has 2 aliphatic rings. The first kappa shape index (κ1) is 24.2. The number of Topliss-reactive ketones (excluding diaryl/α,β-unsaturated/α-hetero) is 1. The number of halogens is 1. The average molecular weight is 469 g/mol. The van der Waals surface area contributed by atoms with Gasteiger partial charge in [-0.05, 0) is 77.1 Å². The minimum atomic E-state index is -0.508. The van der Waals surface area contributed by atoms with E-state index in [1.807, 2.05) is 39.8 Å². The number of ether oxygens (including phenoxy) is 2. The monoisotopic (exact) mass is 468 g/mol. The fourth-order valence-electron chi connectivity index (χ4n) is 4.26. The predicted octanol–water partition coefficient (Wildman–Crippen LogP) is 5.82. The van der Waals surface area contributed by atoms with Crippen LogP contribution in [0, 0.1) is 18.7 Å². The van der Waals surface area contributed by atoms with Crippen LogP contribution in [0.4, 0.5) is 9.18 Å². The van der Waals surface area contributed by atoms with Gasteiger partial charge < -0.3 is 14.4 Å². The molecule has 0 bridgehead atoms. The quantitative estimate of drug-likeness (QED) is 0.500. The molecule has 0 unspecified atom stereocenters. The Hall–Kier alpha value is -2.96. The van der Waals surface area contributed by atoms with Crippen molar-refractivity contribution < 1.29 is 23.5 Å². The Kier molecular flexibility index (Phi) is 6.91. The number of hydrogen-bond acceptors (Lipinski definition) is 5. The van der Waals surface area contributed by atoms with E-state index in [0.29, 0.717) is 30.1 Å². The first-order chi connectivity index (χ1) is 16.1. The average Bonchev–Trinajstić information content (AvgIpc) is 3.64. The van der Waals surface area contributed by atoms with E-state index in [2.05, 4.69) is 4.98 Å². The third kappa shape index (κ3) is 5.93. The van der Waals surface area contributed by atoms with Gasteiger partial charge in [0, 0.05) is 47.8 Å². The molecule has 1 aromatic carbocycles. The molecule has 1 aliphatic heterocycles. The first-order valence-corrected chi connectivity index (χ1v) is 12.0. The molecule has 1 aliphatic carbocycles. The second kappa shape index (κ2) is 9.72. The fourth-order valence-corrected chi connectivity index (χ4v) is 4.26. The Morgan fingerprint density at radius 3 is 2.47 bits per heavy atom. The lowest BCUT2D eigenvalue weighted by atomic mass is 9.93. The van der Waals surface area contributed by atoms with Gasteiger partial charge in [0.1, 0.15) is 18.0 Å². The van der Waals surface area contributed by atoms with E-state index >= 15 is 0 Å². The van der Waals surface area contributed by atoms with Crippen molar-refractivity contribution >= 4 is 11.9 Å². The number of pyridine rings is 1. The van der Waals surface area contributed by atoms with Crippen LogP contribution in [-0.4, -0.2) is 40.5 Å². The first-order valence-electron chi connectivity index (χ1n) is 12.0. The summed E-state index contributed by atoms with van der Waals surface area (Å²) in [6.07, 6.45) is 3.10. The minimum absolute atomic E-state index is 0.0379. The van der Waals surface area contributed by atoms with Gasteiger partial charge in [0.15, 0.2) is 5.78 Å². The summed E-state index contributed by atoms with van der Waals surface area (Å²) < 4.78 is 25.9. The van der Waals surface area contributed by atoms with Crippen molar-refractivity contribution in [3.63, 3.8) is 0 Å². The molecule has 2 fully saturated rings. The molecule has 4 rings (SSSR count). The Balaban J connectivity index is 1.35. The van der Waals surface area contributed by atoms with Crippen molar-refractivity contribution in [1.29, 1.82) is 0 Å². The summed E-state index contributed by atoms with van der Waals surface area (Å²) >= 11 is 0. The van der Waals surface area contributed by atoms with Crippen molar-refractivity contribution in [2.75, 3.05) is 13.1 Å². The zero-order valence-electron chi connectivity index (χ0n) is 20.4. The van der Waals surface area contributed by atoms with Crippen molar-refractivity contribution in [2.45, 2.75) is 71.5 Å². The number of aromatic nitrogens is 1. The van der Waals surface area contributed by atoms with Gasteiger partial charge in [-0.3, -0.25) is 4.79 Å². The smallest absolute Gasteiger partial charge is 0.410 e. The summed E-state index contributed by atoms with van der Waals surface area (Å²) in [5.74, 6) is 0.315. The van der Waals surface area contributed by atoms with E-state index in [1.165, 1.54) is 6.07 Å². The van der Waals surface area contributed by atoms with Crippen LogP contribution in [0.2, 0.25) is 0 Å². The Morgan fingerprint density at radius 2 is 1.82 bits per heavy atom. The molecule has 7 heteroatoms. The van der Waals surface area contributed by atoms with Crippen LogP contribution in [0.15, 0.2) is 30.3 Å². The Labute approximate surface area is 200 Å². The van der Waals surface area contributed by atoms with Crippen LogP contribution in [0.25, 0.3) is 0 Å². The zero-order chi connectivity index (χ0) is 24.5. The number of amides is 1. The number of carbonyl (C=O) groups is 2. The topological polar surface area (TPSA) is 68.7 Å². The second-order valence-corrected chi connectivity index (χ2v) is 10.3. The molecule has 0 radical (unpaired) electrons. The van der Waals surface area contributed by atoms with Gasteiger partial charge in [0.2, 0.25) is 5.88 Å². The van der Waals surface area contributed by atoms with Gasteiger partial charge in [-0.1, -0.05) is 6.07 Å². The highest BCUT2D eigenvalue weighted by molar-refractivity contribution is 6.00. The molecule has 1 aromatic heterocycles. The van der Waals surface area contributed by atoms with Crippen molar-refractivity contribution in [3.05, 3.63) is 58.5 Å². The maximum atomic E-state index is 14.7. The summed E-state index contributed by atoms with van der Waals surface area (Å²) in [5.41, 5.74) is 2.05. The molecule has 0 atom stereocenters. The molecule has 2 heterocycles. The number of nitrogens with zero attached hydrogens (tertiary/aromatic N) is 2. The number of rotatable bonds is 6. The number of carbonyl (C=O) groups excluding carboxylic acids is 2. The number of ketones is 1. The van der Waals surface area contributed by atoms with Crippen LogP contribution >= 0.6 is 0 Å². The lowest BCUT2D eigenvalue weighted by Gasteiger charge is -2.33. The number of benzene rings is 1. The molecule has 182 valence electrons. The SMILES string of the molecule is Cc1cc(COc2cccc(C3CCN(C(=O)OC(C)(C)C)CC3)n2)c(F)cc1C(=O)C1CC1. The predicted molar refractivity (Wildman–Crippen MR) is 127 cm³/mol. The summed E-state index contributed by atoms with van der Waals surface area (Å²) in [4.78, 5) is 31.0. The van der Waals surface area contributed by atoms with Crippen LogP contribution in [0.3, 0.4) is 0 Å². The number of aryl methyl sites for hydroxylation is 1. The van der Waals surface area contributed by atoms with E-state index in [9.17, 15) is 14.0 Å². The molecular weight excluding hydrogens is 435 g/mol. The van der Waals surface area contributed by atoms with Crippen LogP contribution in [0.5, 0.6) is 5.88 Å². The number of likely N-dealkylation sites (tertiary alicyclic amines) is 1. The lowest BCUT2D eigenvalue weighted by Crippen LogP contribution is -2.41. The fraction of sp³-hybridized carbons (Fsp3) is 0.519. The molecule has 1 amide bonds. The number of hydrogen-bond donors (Lipinski definition) is 0. The standard InChI is InChI=1S/C27H33FN2O4/c1-17-14-20(22(28)15-21(17)25(31)19-8-9-19)16-33-24-7-5-6-23(29-24)18-10-12-30(13-11-18)26(32)34-27(2,3)4/h5-7,14-15,18-19H,8-13,16H2,1-4H3. The second-order valence-electron chi connectivity index (χ2n) is 10.3. The van der Waals surface area contributed by atoms with Gasteiger partial charge in [-0.2, -0.15) is 0 Å². The normalized spacial score (nSPS) is 16.9. The molecule has 1 saturated heterocycles. The van der Waals surface area contributed by atoms with E-state index in [1.54, 1.807) is 17.0 Å². The largest absolute Gasteiger partial charge is 0.473 e. The molecule has 1 saturated carbocycles. The van der Waals surface area contributed by atoms with Gasteiger partial charge in [0.05, 0.1) is 0 Å². The van der Waals surface area contributed by atoms with Gasteiger partial charge >= 0.3 is 6.09 Å². The molecule has 2 aromatic rings. The van der Waals surface area contributed by atoms with E-state index in [-0.39, 0.29) is 30.3 Å². The molecule has 34 heavy (non-hydrogen) atoms. The highest BCUT2D eigenvalue weighted by Gasteiger charge is 2.32. The summed E-state index contributed by atoms with van der Waals surface area (Å²) in [6.45, 7) is 8.69. The highest BCUT2D eigenvalue weighted by atomic mass is 19.1. The molecule has 0 spiro atoms. The third-order valence-corrected chi connectivity index (χ3v) is 6.29. The Bertz CT molecular complexity index is 1070. The molecule has 6 nitrogen and oxygen atoms in total. The molecular formula is C27H33FN2O4. The van der Waals surface area contributed by atoms with Crippen molar-refractivity contribution in [1.82, 2.24) is 9.88 Å². The van der Waals surface area contributed by atoms with Gasteiger partial charge in [-0.15, -0.1) is 0 Å². The van der Waals surface area contributed by atoms with E-state index in [4.69, 9.17) is 9.47 Å². The van der Waals surface area contributed by atoms with Crippen LogP contribution in [0.1, 0.15) is 79.6 Å². The molecule has 0 N–H and O–H groups in total. The minimum Gasteiger partial charge on any atom is -0.473 e. The van der Waals surface area contributed by atoms with Gasteiger partial charge in [-0.25, -0.2) is 14.2 Å². The summed E-state index contributed by atoms with van der Waals surface area (Å²) in [5, 5.41) is 0. The van der Waals surface area contributed by atoms with E-state index < -0.39 is 11.4 Å². The Morgan fingerprint density at radius 1 is 1.12 bits per heavy atom. The van der Waals surface area contributed by atoms with Crippen LogP contribution in [-0.2, 0) is 11.3 Å². The van der Waals surface area contributed by atoms with Crippen molar-refractivity contribution in [2.24, 2.45) is 5.92 Å². The summed E-state index contributed by atoms with van der Waals surface area (Å²) in [7, 11) is 0. The number of piperidine rings is 1. The highest BCUT2D eigenvalue weighted by Crippen LogP contribution is 2.34. The maximum Gasteiger partial charge on any atom is 0.410 e. The van der Waals surface area contributed by atoms with E-state index in [0.717, 1.165) is 36.9 Å². The maximum absolute atomic E-state index is 14.7. The van der Waals surface area contributed by atoms with Crippen LogP contribution < -0.4 is 4.74 Å². The van der Waals surface area contributed by atoms with Crippen molar-refractivity contribution in [3.8, 4) is 5.88 Å².